The van der Waals surface area contributed by atoms with E-state index in [2.05, 4.69) is 20.4 Å². The second-order valence-corrected chi connectivity index (χ2v) is 2.95. The fourth-order valence-electron chi connectivity index (χ4n) is 1.15. The van der Waals surface area contributed by atoms with Gasteiger partial charge in [-0.1, -0.05) is 0 Å². The normalized spacial score (nSPS) is 10.4. The minimum Gasteiger partial charge on any atom is -0.398 e. The number of aryl methyl sites for hydroxylation is 1. The van der Waals surface area contributed by atoms with Crippen LogP contribution >= 0.6 is 0 Å². The van der Waals surface area contributed by atoms with Crippen LogP contribution in [0.3, 0.4) is 0 Å². The van der Waals surface area contributed by atoms with Gasteiger partial charge in [0.25, 0.3) is 0 Å². The number of nitrogen functional groups attached to an aromatic ring is 1. The van der Waals surface area contributed by atoms with Crippen LogP contribution in [0.2, 0.25) is 0 Å². The van der Waals surface area contributed by atoms with Gasteiger partial charge in [-0.2, -0.15) is 4.80 Å². The molecule has 0 amide bonds. The van der Waals surface area contributed by atoms with Crippen LogP contribution in [-0.2, 0) is 13.5 Å². The number of hydrogen-bond donors (Lipinski definition) is 1. The fourth-order valence-corrected chi connectivity index (χ4v) is 1.15. The molecule has 0 spiro atoms. The molecular formula is C8H10N6. The summed E-state index contributed by atoms with van der Waals surface area (Å²) in [5.74, 6) is 0.646. The Labute approximate surface area is 80.8 Å². The Balaban J connectivity index is 2.23. The van der Waals surface area contributed by atoms with Crippen molar-refractivity contribution in [2.24, 2.45) is 7.05 Å². The van der Waals surface area contributed by atoms with Gasteiger partial charge in [0.05, 0.1) is 7.05 Å². The second-order valence-electron chi connectivity index (χ2n) is 2.95. The second kappa shape index (κ2) is 3.41. The van der Waals surface area contributed by atoms with Crippen molar-refractivity contribution in [2.45, 2.75) is 6.42 Å². The van der Waals surface area contributed by atoms with Crippen molar-refractivity contribution in [1.82, 2.24) is 25.2 Å². The lowest BCUT2D eigenvalue weighted by molar-refractivity contribution is 0.628. The van der Waals surface area contributed by atoms with Crippen molar-refractivity contribution in [3.05, 3.63) is 29.8 Å². The molecule has 2 aromatic rings. The van der Waals surface area contributed by atoms with Gasteiger partial charge < -0.3 is 5.73 Å². The molecule has 2 rings (SSSR count). The first-order valence-corrected chi connectivity index (χ1v) is 4.17. The predicted octanol–water partition coefficient (Wildman–Crippen LogP) is -0.222. The molecule has 0 saturated heterocycles. The number of nitrogens with zero attached hydrogens (tertiary/aromatic N) is 5. The van der Waals surface area contributed by atoms with Gasteiger partial charge in [-0.25, -0.2) is 0 Å². The number of rotatable bonds is 2. The Hall–Kier alpha value is -1.98. The average Bonchev–Trinajstić information content (AvgIpc) is 2.56. The molecular weight excluding hydrogens is 180 g/mol. The highest BCUT2D eigenvalue weighted by atomic mass is 15.6. The smallest absolute Gasteiger partial charge is 0.179 e. The minimum atomic E-state index is 0.563. The summed E-state index contributed by atoms with van der Waals surface area (Å²) >= 11 is 0. The van der Waals surface area contributed by atoms with Gasteiger partial charge in [-0.15, -0.1) is 10.2 Å². The lowest BCUT2D eigenvalue weighted by atomic mass is 10.2. The van der Waals surface area contributed by atoms with E-state index in [1.165, 1.54) is 4.80 Å². The number of aromatic nitrogens is 5. The third-order valence-corrected chi connectivity index (χ3v) is 1.84. The summed E-state index contributed by atoms with van der Waals surface area (Å²) in [5, 5.41) is 11.7. The lowest BCUT2D eigenvalue weighted by Crippen LogP contribution is -1.98. The topological polar surface area (TPSA) is 82.5 Å². The zero-order valence-electron chi connectivity index (χ0n) is 7.75. The molecule has 0 fully saturated rings. The highest BCUT2D eigenvalue weighted by Crippen LogP contribution is 2.11. The zero-order valence-corrected chi connectivity index (χ0v) is 7.75. The first-order chi connectivity index (χ1) is 6.75. The Morgan fingerprint density at radius 1 is 1.50 bits per heavy atom. The van der Waals surface area contributed by atoms with E-state index >= 15 is 0 Å². The first-order valence-electron chi connectivity index (χ1n) is 4.17. The highest BCUT2D eigenvalue weighted by molar-refractivity contribution is 5.45. The van der Waals surface area contributed by atoms with Crippen molar-refractivity contribution in [1.29, 1.82) is 0 Å². The first kappa shape index (κ1) is 8.61. The standard InChI is InChI=1S/C8H10N6/c1-14-12-8(11-13-14)4-6-5-10-3-2-7(6)9/h2-3,5H,4H2,1H3,(H2,9,10). The molecule has 0 bridgehead atoms. The van der Waals surface area contributed by atoms with Gasteiger partial charge in [0.15, 0.2) is 5.82 Å². The fraction of sp³-hybridized carbons (Fsp3) is 0.250. The Kier molecular flexibility index (Phi) is 2.10. The van der Waals surface area contributed by atoms with E-state index in [4.69, 9.17) is 5.73 Å². The monoisotopic (exact) mass is 190 g/mol. The largest absolute Gasteiger partial charge is 0.398 e. The summed E-state index contributed by atoms with van der Waals surface area (Å²) in [6, 6.07) is 1.76. The molecule has 0 unspecified atom stereocenters. The van der Waals surface area contributed by atoms with Crippen molar-refractivity contribution >= 4 is 5.69 Å². The molecule has 72 valence electrons. The van der Waals surface area contributed by atoms with Gasteiger partial charge >= 0.3 is 0 Å². The van der Waals surface area contributed by atoms with Crippen LogP contribution in [0.15, 0.2) is 18.5 Å². The van der Waals surface area contributed by atoms with Gasteiger partial charge in [-0.05, 0) is 11.3 Å². The number of nitrogens with two attached hydrogens (primary N) is 1. The van der Waals surface area contributed by atoms with Crippen LogP contribution in [0.5, 0.6) is 0 Å². The van der Waals surface area contributed by atoms with E-state index in [0.29, 0.717) is 17.9 Å². The molecule has 6 nitrogen and oxygen atoms in total. The predicted molar refractivity (Wildman–Crippen MR) is 50.3 cm³/mol. The zero-order chi connectivity index (χ0) is 9.97. The molecule has 2 heterocycles. The van der Waals surface area contributed by atoms with E-state index in [-0.39, 0.29) is 0 Å². The van der Waals surface area contributed by atoms with E-state index in [9.17, 15) is 0 Å². The highest BCUT2D eigenvalue weighted by Gasteiger charge is 2.04. The summed E-state index contributed by atoms with van der Waals surface area (Å²) in [7, 11) is 1.73. The SMILES string of the molecule is Cn1nnc(Cc2cnccc2N)n1. The molecule has 0 atom stereocenters. The molecule has 0 radical (unpaired) electrons. The molecule has 0 aliphatic carbocycles. The van der Waals surface area contributed by atoms with E-state index in [1.807, 2.05) is 0 Å². The number of anilines is 1. The van der Waals surface area contributed by atoms with Crippen LogP contribution in [-0.4, -0.2) is 25.2 Å². The van der Waals surface area contributed by atoms with Gasteiger partial charge in [-0.3, -0.25) is 4.98 Å². The average molecular weight is 190 g/mol. The number of hydrogen-bond acceptors (Lipinski definition) is 5. The molecule has 14 heavy (non-hydrogen) atoms. The molecule has 2 N–H and O–H groups in total. The lowest BCUT2D eigenvalue weighted by Gasteiger charge is -1.99. The van der Waals surface area contributed by atoms with Crippen LogP contribution in [0.4, 0.5) is 5.69 Å². The van der Waals surface area contributed by atoms with E-state index in [1.54, 1.807) is 25.5 Å². The number of tetrazole rings is 1. The Bertz CT molecular complexity index is 435. The molecule has 6 heteroatoms. The summed E-state index contributed by atoms with van der Waals surface area (Å²) in [5.41, 5.74) is 7.37. The Morgan fingerprint density at radius 2 is 2.36 bits per heavy atom. The summed E-state index contributed by atoms with van der Waals surface area (Å²) in [6.07, 6.45) is 3.93. The maximum Gasteiger partial charge on any atom is 0.179 e. The molecule has 0 saturated carbocycles. The molecule has 2 aromatic heterocycles. The van der Waals surface area contributed by atoms with Crippen LogP contribution in [0, 0.1) is 0 Å². The van der Waals surface area contributed by atoms with Gasteiger partial charge in [0, 0.05) is 30.1 Å². The minimum absolute atomic E-state index is 0.563. The quantitative estimate of drug-likeness (QED) is 0.707. The third kappa shape index (κ3) is 1.68. The van der Waals surface area contributed by atoms with Crippen LogP contribution in [0.1, 0.15) is 11.4 Å². The van der Waals surface area contributed by atoms with Crippen molar-refractivity contribution < 1.29 is 0 Å². The van der Waals surface area contributed by atoms with E-state index < -0.39 is 0 Å². The van der Waals surface area contributed by atoms with E-state index in [0.717, 1.165) is 5.56 Å². The summed E-state index contributed by atoms with van der Waals surface area (Å²) < 4.78 is 0. The number of pyridine rings is 1. The Morgan fingerprint density at radius 3 is 3.00 bits per heavy atom. The van der Waals surface area contributed by atoms with Crippen molar-refractivity contribution in [2.75, 3.05) is 5.73 Å². The maximum atomic E-state index is 5.75. The van der Waals surface area contributed by atoms with Crippen molar-refractivity contribution in [3.63, 3.8) is 0 Å². The molecule has 0 aliphatic rings. The molecule has 0 aromatic carbocycles. The summed E-state index contributed by atoms with van der Waals surface area (Å²) in [6.45, 7) is 0. The molecule has 0 aliphatic heterocycles. The van der Waals surface area contributed by atoms with Crippen molar-refractivity contribution in [3.8, 4) is 0 Å². The van der Waals surface area contributed by atoms with Gasteiger partial charge in [0.1, 0.15) is 0 Å². The van der Waals surface area contributed by atoms with Gasteiger partial charge in [0.2, 0.25) is 0 Å². The van der Waals surface area contributed by atoms with Crippen LogP contribution < -0.4 is 5.73 Å². The third-order valence-electron chi connectivity index (χ3n) is 1.84. The summed E-state index contributed by atoms with van der Waals surface area (Å²) in [4.78, 5) is 5.40. The maximum absolute atomic E-state index is 5.75. The van der Waals surface area contributed by atoms with Crippen LogP contribution in [0.25, 0.3) is 0 Å².